The lowest BCUT2D eigenvalue weighted by molar-refractivity contribution is 0.122. The maximum absolute atomic E-state index is 5.34. The standard InChI is InChI=1S/C11H13N5O/c1-2-9(11-12-14-15-13-11)8-10(3-1)16-4-6-17-7-5-16/h1-3,8H,4-7H2,(H,12,13,14,15). The van der Waals surface area contributed by atoms with Crippen molar-refractivity contribution in [3.63, 3.8) is 0 Å². The molecule has 0 atom stereocenters. The minimum absolute atomic E-state index is 0.625. The van der Waals surface area contributed by atoms with Crippen molar-refractivity contribution in [2.45, 2.75) is 0 Å². The molecule has 1 aromatic heterocycles. The molecule has 6 nitrogen and oxygen atoms in total. The van der Waals surface area contributed by atoms with Crippen LogP contribution in [0.15, 0.2) is 24.3 Å². The van der Waals surface area contributed by atoms with E-state index in [1.54, 1.807) is 0 Å². The Labute approximate surface area is 98.6 Å². The lowest BCUT2D eigenvalue weighted by Gasteiger charge is -2.29. The summed E-state index contributed by atoms with van der Waals surface area (Å²) in [6.45, 7) is 3.42. The van der Waals surface area contributed by atoms with Crippen molar-refractivity contribution in [3.05, 3.63) is 24.3 Å². The summed E-state index contributed by atoms with van der Waals surface area (Å²) in [4.78, 5) is 2.30. The van der Waals surface area contributed by atoms with Crippen molar-refractivity contribution in [1.82, 2.24) is 20.6 Å². The molecule has 3 rings (SSSR count). The van der Waals surface area contributed by atoms with Gasteiger partial charge in [0.15, 0.2) is 0 Å². The summed E-state index contributed by atoms with van der Waals surface area (Å²) in [5.41, 5.74) is 2.15. The first-order valence-corrected chi connectivity index (χ1v) is 5.60. The minimum atomic E-state index is 0.625. The van der Waals surface area contributed by atoms with Crippen LogP contribution < -0.4 is 4.90 Å². The van der Waals surface area contributed by atoms with Crippen molar-refractivity contribution < 1.29 is 4.74 Å². The summed E-state index contributed by atoms with van der Waals surface area (Å²) >= 11 is 0. The van der Waals surface area contributed by atoms with Crippen LogP contribution in [0.4, 0.5) is 5.69 Å². The van der Waals surface area contributed by atoms with Gasteiger partial charge in [0.2, 0.25) is 5.82 Å². The number of benzene rings is 1. The smallest absolute Gasteiger partial charge is 0.204 e. The summed E-state index contributed by atoms with van der Waals surface area (Å²) < 4.78 is 5.34. The number of rotatable bonds is 2. The van der Waals surface area contributed by atoms with E-state index < -0.39 is 0 Å². The molecule has 17 heavy (non-hydrogen) atoms. The number of hydrogen-bond acceptors (Lipinski definition) is 5. The molecule has 1 saturated heterocycles. The Kier molecular flexibility index (Phi) is 2.71. The van der Waals surface area contributed by atoms with Crippen LogP contribution in [0.1, 0.15) is 0 Å². The SMILES string of the molecule is c1cc(-c2nn[nH]n2)cc(N2CCOCC2)c1. The first-order chi connectivity index (χ1) is 8.43. The van der Waals surface area contributed by atoms with Crippen LogP contribution >= 0.6 is 0 Å². The van der Waals surface area contributed by atoms with Crippen LogP contribution in [-0.4, -0.2) is 46.9 Å². The van der Waals surface area contributed by atoms with Gasteiger partial charge in [0.25, 0.3) is 0 Å². The first-order valence-electron chi connectivity index (χ1n) is 5.60. The van der Waals surface area contributed by atoms with E-state index >= 15 is 0 Å². The zero-order valence-electron chi connectivity index (χ0n) is 9.33. The van der Waals surface area contributed by atoms with E-state index in [0.717, 1.165) is 31.9 Å². The lowest BCUT2D eigenvalue weighted by atomic mass is 10.1. The van der Waals surface area contributed by atoms with Crippen molar-refractivity contribution in [2.75, 3.05) is 31.2 Å². The average Bonchev–Trinajstić information content (AvgIpc) is 2.94. The molecular weight excluding hydrogens is 218 g/mol. The van der Waals surface area contributed by atoms with E-state index in [1.807, 2.05) is 12.1 Å². The number of nitrogens with one attached hydrogen (secondary N) is 1. The fraction of sp³-hybridized carbons (Fsp3) is 0.364. The predicted molar refractivity (Wildman–Crippen MR) is 62.6 cm³/mol. The van der Waals surface area contributed by atoms with Gasteiger partial charge in [-0.05, 0) is 17.3 Å². The Bertz CT molecular complexity index is 478. The molecule has 0 unspecified atom stereocenters. The summed E-state index contributed by atoms with van der Waals surface area (Å²) in [5, 5.41) is 14.0. The quantitative estimate of drug-likeness (QED) is 0.824. The summed E-state index contributed by atoms with van der Waals surface area (Å²) in [6, 6.07) is 8.16. The van der Waals surface area contributed by atoms with Gasteiger partial charge in [0, 0.05) is 24.3 Å². The Balaban J connectivity index is 1.88. The van der Waals surface area contributed by atoms with Crippen LogP contribution in [-0.2, 0) is 4.74 Å². The second-order valence-corrected chi connectivity index (χ2v) is 3.89. The molecule has 1 aromatic carbocycles. The number of nitrogens with zero attached hydrogens (tertiary/aromatic N) is 4. The molecule has 6 heteroatoms. The molecule has 0 saturated carbocycles. The molecule has 1 aliphatic rings. The van der Waals surface area contributed by atoms with Gasteiger partial charge in [-0.15, -0.1) is 10.2 Å². The largest absolute Gasteiger partial charge is 0.378 e. The van der Waals surface area contributed by atoms with Crippen LogP contribution in [0.2, 0.25) is 0 Å². The Morgan fingerprint density at radius 1 is 1.24 bits per heavy atom. The summed E-state index contributed by atoms with van der Waals surface area (Å²) in [5.74, 6) is 0.625. The monoisotopic (exact) mass is 231 g/mol. The Hall–Kier alpha value is -1.95. The second-order valence-electron chi connectivity index (χ2n) is 3.89. The highest BCUT2D eigenvalue weighted by molar-refractivity contribution is 5.62. The molecule has 0 bridgehead atoms. The van der Waals surface area contributed by atoms with E-state index in [9.17, 15) is 0 Å². The molecule has 1 fully saturated rings. The molecule has 0 spiro atoms. The van der Waals surface area contributed by atoms with E-state index in [1.165, 1.54) is 5.69 Å². The van der Waals surface area contributed by atoms with Crippen LogP contribution in [0.5, 0.6) is 0 Å². The number of anilines is 1. The molecule has 2 aromatic rings. The predicted octanol–water partition coefficient (Wildman–Crippen LogP) is 0.703. The van der Waals surface area contributed by atoms with Gasteiger partial charge in [-0.3, -0.25) is 0 Å². The average molecular weight is 231 g/mol. The van der Waals surface area contributed by atoms with Crippen LogP contribution in [0, 0.1) is 0 Å². The molecule has 0 radical (unpaired) electrons. The third-order valence-corrected chi connectivity index (χ3v) is 2.83. The maximum atomic E-state index is 5.34. The highest BCUT2D eigenvalue weighted by atomic mass is 16.5. The zero-order chi connectivity index (χ0) is 11.5. The summed E-state index contributed by atoms with van der Waals surface area (Å²) in [6.07, 6.45) is 0. The van der Waals surface area contributed by atoms with Gasteiger partial charge in [-0.1, -0.05) is 12.1 Å². The number of aromatic amines is 1. The van der Waals surface area contributed by atoms with E-state index in [4.69, 9.17) is 4.74 Å². The zero-order valence-corrected chi connectivity index (χ0v) is 9.33. The Morgan fingerprint density at radius 2 is 2.12 bits per heavy atom. The normalized spacial score (nSPS) is 16.1. The van der Waals surface area contributed by atoms with Crippen LogP contribution in [0.25, 0.3) is 11.4 Å². The number of morpholine rings is 1. The van der Waals surface area contributed by atoms with Crippen molar-refractivity contribution in [3.8, 4) is 11.4 Å². The molecule has 1 N–H and O–H groups in total. The molecular formula is C11H13N5O. The van der Waals surface area contributed by atoms with Gasteiger partial charge >= 0.3 is 0 Å². The fourth-order valence-electron chi connectivity index (χ4n) is 1.95. The first kappa shape index (κ1) is 10.2. The van der Waals surface area contributed by atoms with Gasteiger partial charge in [-0.2, -0.15) is 5.21 Å². The minimum Gasteiger partial charge on any atom is -0.378 e. The summed E-state index contributed by atoms with van der Waals surface area (Å²) in [7, 11) is 0. The number of tetrazole rings is 1. The number of hydrogen-bond donors (Lipinski definition) is 1. The fourth-order valence-corrected chi connectivity index (χ4v) is 1.95. The number of ether oxygens (including phenoxy) is 1. The van der Waals surface area contributed by atoms with Gasteiger partial charge in [0.1, 0.15) is 0 Å². The third kappa shape index (κ3) is 2.12. The number of aromatic nitrogens is 4. The topological polar surface area (TPSA) is 66.9 Å². The maximum Gasteiger partial charge on any atom is 0.204 e. The van der Waals surface area contributed by atoms with E-state index in [2.05, 4.69) is 37.7 Å². The molecule has 88 valence electrons. The molecule has 1 aliphatic heterocycles. The number of H-pyrrole nitrogens is 1. The van der Waals surface area contributed by atoms with E-state index in [0.29, 0.717) is 5.82 Å². The second kappa shape index (κ2) is 4.50. The van der Waals surface area contributed by atoms with Crippen LogP contribution in [0.3, 0.4) is 0 Å². The van der Waals surface area contributed by atoms with E-state index in [-0.39, 0.29) is 0 Å². The van der Waals surface area contributed by atoms with Crippen molar-refractivity contribution in [1.29, 1.82) is 0 Å². The molecule has 0 amide bonds. The van der Waals surface area contributed by atoms with Gasteiger partial charge in [-0.25, -0.2) is 0 Å². The van der Waals surface area contributed by atoms with Gasteiger partial charge < -0.3 is 9.64 Å². The highest BCUT2D eigenvalue weighted by Gasteiger charge is 2.12. The molecule has 0 aliphatic carbocycles. The van der Waals surface area contributed by atoms with Crippen molar-refractivity contribution in [2.24, 2.45) is 0 Å². The third-order valence-electron chi connectivity index (χ3n) is 2.83. The van der Waals surface area contributed by atoms with Crippen molar-refractivity contribution >= 4 is 5.69 Å². The lowest BCUT2D eigenvalue weighted by Crippen LogP contribution is -2.36. The Morgan fingerprint density at radius 3 is 2.88 bits per heavy atom. The highest BCUT2D eigenvalue weighted by Crippen LogP contribution is 2.22. The molecule has 2 heterocycles. The van der Waals surface area contributed by atoms with Gasteiger partial charge in [0.05, 0.1) is 13.2 Å².